The highest BCUT2D eigenvalue weighted by Crippen LogP contribution is 2.33. The summed E-state index contributed by atoms with van der Waals surface area (Å²) in [6.07, 6.45) is 0.752. The molecule has 0 unspecified atom stereocenters. The number of halogens is 1. The molecule has 11 heteroatoms. The van der Waals surface area contributed by atoms with Crippen molar-refractivity contribution in [2.45, 2.75) is 24.3 Å². The van der Waals surface area contributed by atoms with Crippen molar-refractivity contribution >= 4 is 10.0 Å². The highest BCUT2D eigenvalue weighted by atomic mass is 32.2. The van der Waals surface area contributed by atoms with E-state index in [1.807, 2.05) is 6.92 Å². The molecule has 9 nitrogen and oxygen atoms in total. The molecule has 34 heavy (non-hydrogen) atoms. The van der Waals surface area contributed by atoms with E-state index in [1.54, 1.807) is 30.3 Å². The number of piperazine rings is 1. The molecule has 1 atom stereocenters. The molecule has 2 aromatic carbocycles. The first kappa shape index (κ1) is 22.8. The van der Waals surface area contributed by atoms with Crippen LogP contribution in [0.3, 0.4) is 0 Å². The Morgan fingerprint density at radius 2 is 1.65 bits per heavy atom. The smallest absolute Gasteiger partial charge is 0.247 e. The minimum absolute atomic E-state index is 0.190. The number of sulfonamides is 1. The van der Waals surface area contributed by atoms with Crippen molar-refractivity contribution in [3.05, 3.63) is 54.2 Å². The molecular formula is C23H25FN4O5S. The largest absolute Gasteiger partial charge is 0.490 e. The van der Waals surface area contributed by atoms with Crippen LogP contribution < -0.4 is 9.47 Å². The van der Waals surface area contributed by atoms with E-state index in [4.69, 9.17) is 13.9 Å². The zero-order valence-electron chi connectivity index (χ0n) is 18.7. The SMILES string of the molecule is C[C@@H](c1nnc(-c2ccc(F)cc2)o1)N1CCN(S(=O)(=O)c2ccc3c(c2)OCCCO3)CC1. The second-order valence-electron chi connectivity index (χ2n) is 8.23. The van der Waals surface area contributed by atoms with Crippen LogP contribution in [0.1, 0.15) is 25.3 Å². The van der Waals surface area contributed by atoms with Gasteiger partial charge in [0.15, 0.2) is 11.5 Å². The predicted octanol–water partition coefficient (Wildman–Crippen LogP) is 3.10. The molecule has 5 rings (SSSR count). The first-order valence-electron chi connectivity index (χ1n) is 11.1. The summed E-state index contributed by atoms with van der Waals surface area (Å²) in [7, 11) is -3.67. The number of ether oxygens (including phenoxy) is 2. The molecule has 2 aliphatic heterocycles. The number of benzene rings is 2. The fourth-order valence-corrected chi connectivity index (χ4v) is 5.49. The molecule has 3 heterocycles. The number of rotatable bonds is 5. The second-order valence-corrected chi connectivity index (χ2v) is 10.2. The van der Waals surface area contributed by atoms with Gasteiger partial charge in [0.05, 0.1) is 24.2 Å². The summed E-state index contributed by atoms with van der Waals surface area (Å²) < 4.78 is 58.2. The van der Waals surface area contributed by atoms with Gasteiger partial charge in [-0.3, -0.25) is 4.90 Å². The topological polar surface area (TPSA) is 98.0 Å². The molecule has 0 aliphatic carbocycles. The van der Waals surface area contributed by atoms with Crippen LogP contribution in [0.2, 0.25) is 0 Å². The minimum atomic E-state index is -3.67. The molecule has 2 aliphatic rings. The average Bonchev–Trinajstić information content (AvgIpc) is 3.22. The highest BCUT2D eigenvalue weighted by molar-refractivity contribution is 7.89. The van der Waals surface area contributed by atoms with Crippen LogP contribution in [-0.4, -0.2) is 67.2 Å². The van der Waals surface area contributed by atoms with E-state index < -0.39 is 10.0 Å². The van der Waals surface area contributed by atoms with Crippen LogP contribution in [-0.2, 0) is 10.0 Å². The maximum atomic E-state index is 13.2. The van der Waals surface area contributed by atoms with Gasteiger partial charge in [-0.15, -0.1) is 10.2 Å². The quantitative estimate of drug-likeness (QED) is 0.540. The number of hydrogen-bond donors (Lipinski definition) is 0. The number of aromatic nitrogens is 2. The minimum Gasteiger partial charge on any atom is -0.490 e. The lowest BCUT2D eigenvalue weighted by molar-refractivity contribution is 0.129. The van der Waals surface area contributed by atoms with Crippen LogP contribution in [0, 0.1) is 5.82 Å². The molecule has 0 bridgehead atoms. The Hall–Kier alpha value is -3.02. The fraction of sp³-hybridized carbons (Fsp3) is 0.391. The van der Waals surface area contributed by atoms with Crippen molar-refractivity contribution in [2.75, 3.05) is 39.4 Å². The Morgan fingerprint density at radius 1 is 0.941 bits per heavy atom. The van der Waals surface area contributed by atoms with Crippen molar-refractivity contribution in [2.24, 2.45) is 0 Å². The van der Waals surface area contributed by atoms with Crippen molar-refractivity contribution in [1.29, 1.82) is 0 Å². The molecule has 0 N–H and O–H groups in total. The van der Waals surface area contributed by atoms with E-state index in [-0.39, 0.29) is 16.8 Å². The van der Waals surface area contributed by atoms with Crippen LogP contribution in [0.5, 0.6) is 11.5 Å². The van der Waals surface area contributed by atoms with E-state index in [0.717, 1.165) is 6.42 Å². The molecule has 3 aromatic rings. The summed E-state index contributed by atoms with van der Waals surface area (Å²) in [6.45, 7) is 4.67. The Bertz CT molecular complexity index is 1260. The molecule has 1 fully saturated rings. The molecule has 0 saturated carbocycles. The van der Waals surface area contributed by atoms with Crippen molar-refractivity contribution in [3.63, 3.8) is 0 Å². The van der Waals surface area contributed by atoms with Gasteiger partial charge < -0.3 is 13.9 Å². The zero-order chi connectivity index (χ0) is 23.7. The molecule has 0 radical (unpaired) electrons. The normalized spacial score (nSPS) is 18.4. The molecule has 1 aromatic heterocycles. The second kappa shape index (κ2) is 9.32. The maximum Gasteiger partial charge on any atom is 0.247 e. The first-order chi connectivity index (χ1) is 16.4. The van der Waals surface area contributed by atoms with Crippen LogP contribution in [0.15, 0.2) is 51.8 Å². The lowest BCUT2D eigenvalue weighted by Crippen LogP contribution is -2.49. The van der Waals surface area contributed by atoms with Gasteiger partial charge in [0.2, 0.25) is 21.8 Å². The summed E-state index contributed by atoms with van der Waals surface area (Å²) >= 11 is 0. The Morgan fingerprint density at radius 3 is 2.38 bits per heavy atom. The van der Waals surface area contributed by atoms with Gasteiger partial charge in [-0.05, 0) is 43.3 Å². The Balaban J connectivity index is 1.25. The van der Waals surface area contributed by atoms with Gasteiger partial charge in [0.25, 0.3) is 0 Å². The summed E-state index contributed by atoms with van der Waals surface area (Å²) in [5.74, 6) is 1.43. The summed E-state index contributed by atoms with van der Waals surface area (Å²) in [4.78, 5) is 2.29. The standard InChI is InChI=1S/C23H25FN4O5S/c1-16(22-25-26-23(33-22)17-3-5-18(24)6-4-17)27-9-11-28(12-10-27)34(29,30)19-7-8-20-21(15-19)32-14-2-13-31-20/h3-8,15-16H,2,9-14H2,1H3/t16-/m0/s1. The van der Waals surface area contributed by atoms with Gasteiger partial charge in [-0.1, -0.05) is 0 Å². The van der Waals surface area contributed by atoms with Gasteiger partial charge in [-0.2, -0.15) is 4.31 Å². The van der Waals surface area contributed by atoms with Crippen molar-refractivity contribution in [1.82, 2.24) is 19.4 Å². The average molecular weight is 489 g/mol. The van der Waals surface area contributed by atoms with Crippen LogP contribution >= 0.6 is 0 Å². The molecule has 0 amide bonds. The number of hydrogen-bond acceptors (Lipinski definition) is 8. The van der Waals surface area contributed by atoms with E-state index in [9.17, 15) is 12.8 Å². The van der Waals surface area contributed by atoms with Gasteiger partial charge in [0.1, 0.15) is 5.82 Å². The Kier molecular flexibility index (Phi) is 6.24. The van der Waals surface area contributed by atoms with Crippen LogP contribution in [0.25, 0.3) is 11.5 Å². The maximum absolute atomic E-state index is 13.2. The summed E-state index contributed by atoms with van der Waals surface area (Å²) in [6, 6.07) is 10.4. The third-order valence-electron chi connectivity index (χ3n) is 6.07. The zero-order valence-corrected chi connectivity index (χ0v) is 19.5. The van der Waals surface area contributed by atoms with Crippen LogP contribution in [0.4, 0.5) is 4.39 Å². The lowest BCUT2D eigenvalue weighted by atomic mass is 10.2. The number of nitrogens with zero attached hydrogens (tertiary/aromatic N) is 4. The van der Waals surface area contributed by atoms with Gasteiger partial charge in [0, 0.05) is 44.2 Å². The van der Waals surface area contributed by atoms with Gasteiger partial charge >= 0.3 is 0 Å². The van der Waals surface area contributed by atoms with Crippen molar-refractivity contribution < 1.29 is 26.7 Å². The molecule has 1 saturated heterocycles. The predicted molar refractivity (Wildman–Crippen MR) is 120 cm³/mol. The summed E-state index contributed by atoms with van der Waals surface area (Å²) in [5.41, 5.74) is 0.637. The monoisotopic (exact) mass is 488 g/mol. The third kappa shape index (κ3) is 4.50. The third-order valence-corrected chi connectivity index (χ3v) is 7.96. The summed E-state index contributed by atoms with van der Waals surface area (Å²) in [5, 5.41) is 8.22. The molecular weight excluding hydrogens is 463 g/mol. The van der Waals surface area contributed by atoms with Crippen molar-refractivity contribution in [3.8, 4) is 23.0 Å². The first-order valence-corrected chi connectivity index (χ1v) is 12.6. The fourth-order valence-electron chi connectivity index (χ4n) is 4.05. The highest BCUT2D eigenvalue weighted by Gasteiger charge is 2.32. The Labute approximate surface area is 197 Å². The van der Waals surface area contributed by atoms with E-state index in [0.29, 0.717) is 68.2 Å². The lowest BCUT2D eigenvalue weighted by Gasteiger charge is -2.36. The number of fused-ring (bicyclic) bond motifs is 1. The molecule has 180 valence electrons. The van der Waals surface area contributed by atoms with E-state index in [1.165, 1.54) is 16.4 Å². The van der Waals surface area contributed by atoms with Gasteiger partial charge in [-0.25, -0.2) is 12.8 Å². The van der Waals surface area contributed by atoms with E-state index in [2.05, 4.69) is 15.1 Å². The molecule has 0 spiro atoms. The van der Waals surface area contributed by atoms with E-state index >= 15 is 0 Å².